The molecule has 1 aliphatic rings. The number of carbonyl (C=O) groups excluding carboxylic acids is 2. The van der Waals surface area contributed by atoms with Gasteiger partial charge in [-0.05, 0) is 39.0 Å². The van der Waals surface area contributed by atoms with Gasteiger partial charge in [-0.3, -0.25) is 14.9 Å². The van der Waals surface area contributed by atoms with Gasteiger partial charge in [0.25, 0.3) is 0 Å². The molecule has 0 aromatic heterocycles. The quantitative estimate of drug-likeness (QED) is 0.509. The molecule has 0 saturated carbocycles. The van der Waals surface area contributed by atoms with Crippen molar-refractivity contribution in [2.24, 2.45) is 11.7 Å². The van der Waals surface area contributed by atoms with Crippen LogP contribution in [0.1, 0.15) is 47.0 Å². The molecule has 1 aliphatic heterocycles. The average molecular weight is 357 g/mol. The predicted molar refractivity (Wildman–Crippen MR) is 92.8 cm³/mol. The molecule has 144 valence electrons. The summed E-state index contributed by atoms with van der Waals surface area (Å²) in [6.07, 6.45) is 1.70. The molecule has 0 spiro atoms. The molecule has 1 rings (SSSR count). The van der Waals surface area contributed by atoms with E-state index in [-0.39, 0.29) is 18.4 Å². The monoisotopic (exact) mass is 357 g/mol. The van der Waals surface area contributed by atoms with Crippen molar-refractivity contribution in [2.75, 3.05) is 13.2 Å². The van der Waals surface area contributed by atoms with Gasteiger partial charge in [0.05, 0.1) is 12.6 Å². The van der Waals surface area contributed by atoms with Crippen LogP contribution in [0.4, 0.5) is 0 Å². The Labute approximate surface area is 149 Å². The number of carboxylic acid groups (broad SMARTS) is 1. The number of carbonyl (C=O) groups is 3. The molecule has 0 aromatic rings. The standard InChI is InChI=1S/C17H31N3O5/c1-5-25-17(24)14(12(18)9-10(2)3)19-11(4)15(21)20-8-6-7-13(20)16(22)23/h10-14,19H,5-9,18H2,1-4H3,(H,22,23)/t11-,12?,13-,14?/m0/s1. The van der Waals surface area contributed by atoms with Crippen LogP contribution in [-0.4, -0.2) is 65.2 Å². The van der Waals surface area contributed by atoms with E-state index in [1.54, 1.807) is 13.8 Å². The maximum atomic E-state index is 12.6. The van der Waals surface area contributed by atoms with Gasteiger partial charge in [0, 0.05) is 12.6 Å². The van der Waals surface area contributed by atoms with Gasteiger partial charge in [-0.25, -0.2) is 4.79 Å². The summed E-state index contributed by atoms with van der Waals surface area (Å²) < 4.78 is 5.07. The van der Waals surface area contributed by atoms with Crippen LogP contribution in [0.3, 0.4) is 0 Å². The second-order valence-electron chi connectivity index (χ2n) is 6.94. The molecule has 1 heterocycles. The highest BCUT2D eigenvalue weighted by Gasteiger charge is 2.38. The van der Waals surface area contributed by atoms with E-state index in [0.29, 0.717) is 25.8 Å². The third-order valence-corrected chi connectivity index (χ3v) is 4.33. The second kappa shape index (κ2) is 9.72. The van der Waals surface area contributed by atoms with Crippen molar-refractivity contribution in [1.29, 1.82) is 0 Å². The molecule has 4 atom stereocenters. The van der Waals surface area contributed by atoms with Gasteiger partial charge in [-0.15, -0.1) is 0 Å². The Morgan fingerprint density at radius 3 is 2.48 bits per heavy atom. The number of esters is 1. The first-order valence-electron chi connectivity index (χ1n) is 8.90. The lowest BCUT2D eigenvalue weighted by molar-refractivity contribution is -0.150. The summed E-state index contributed by atoms with van der Waals surface area (Å²) in [6, 6.07) is -2.84. The van der Waals surface area contributed by atoms with Gasteiger partial charge in [-0.1, -0.05) is 13.8 Å². The van der Waals surface area contributed by atoms with Crippen LogP contribution in [0.2, 0.25) is 0 Å². The second-order valence-corrected chi connectivity index (χ2v) is 6.94. The van der Waals surface area contributed by atoms with Crippen LogP contribution in [0.25, 0.3) is 0 Å². The fourth-order valence-corrected chi connectivity index (χ4v) is 3.16. The largest absolute Gasteiger partial charge is 0.480 e. The number of likely N-dealkylation sites (tertiary alicyclic amines) is 1. The van der Waals surface area contributed by atoms with Crippen LogP contribution < -0.4 is 11.1 Å². The fourth-order valence-electron chi connectivity index (χ4n) is 3.16. The van der Waals surface area contributed by atoms with Gasteiger partial charge in [-0.2, -0.15) is 0 Å². The van der Waals surface area contributed by atoms with Crippen LogP contribution >= 0.6 is 0 Å². The Morgan fingerprint density at radius 1 is 1.32 bits per heavy atom. The van der Waals surface area contributed by atoms with E-state index in [1.807, 2.05) is 13.8 Å². The number of hydrogen-bond donors (Lipinski definition) is 3. The first kappa shape index (κ1) is 21.4. The fraction of sp³-hybridized carbons (Fsp3) is 0.824. The number of nitrogens with one attached hydrogen (secondary N) is 1. The van der Waals surface area contributed by atoms with Crippen LogP contribution in [0.5, 0.6) is 0 Å². The summed E-state index contributed by atoms with van der Waals surface area (Å²) in [5.41, 5.74) is 6.15. The maximum absolute atomic E-state index is 12.6. The van der Waals surface area contributed by atoms with Gasteiger partial charge in [0.2, 0.25) is 5.91 Å². The zero-order valence-corrected chi connectivity index (χ0v) is 15.5. The molecule has 1 fully saturated rings. The molecule has 0 bridgehead atoms. The van der Waals surface area contributed by atoms with Gasteiger partial charge in [0.1, 0.15) is 12.1 Å². The summed E-state index contributed by atoms with van der Waals surface area (Å²) in [4.78, 5) is 37.5. The topological polar surface area (TPSA) is 122 Å². The van der Waals surface area contributed by atoms with Crippen LogP contribution in [0, 0.1) is 5.92 Å². The van der Waals surface area contributed by atoms with E-state index in [2.05, 4.69) is 5.32 Å². The average Bonchev–Trinajstić information content (AvgIpc) is 3.00. The Bertz CT molecular complexity index is 483. The van der Waals surface area contributed by atoms with Crippen molar-refractivity contribution in [3.63, 3.8) is 0 Å². The normalized spacial score (nSPS) is 21.0. The van der Waals surface area contributed by atoms with Crippen molar-refractivity contribution >= 4 is 17.8 Å². The van der Waals surface area contributed by atoms with E-state index in [1.165, 1.54) is 4.90 Å². The van der Waals surface area contributed by atoms with E-state index in [9.17, 15) is 19.5 Å². The number of hydrogen-bond acceptors (Lipinski definition) is 6. The Kier molecular flexibility index (Phi) is 8.31. The van der Waals surface area contributed by atoms with Gasteiger partial charge >= 0.3 is 11.9 Å². The molecule has 4 N–H and O–H groups in total. The minimum atomic E-state index is -1.00. The number of nitrogens with zero attached hydrogens (tertiary/aromatic N) is 1. The van der Waals surface area contributed by atoms with Crippen LogP contribution in [0.15, 0.2) is 0 Å². The Balaban J connectivity index is 2.82. The predicted octanol–water partition coefficient (Wildman–Crippen LogP) is 0.345. The number of amides is 1. The lowest BCUT2D eigenvalue weighted by Gasteiger charge is -2.30. The minimum Gasteiger partial charge on any atom is -0.480 e. The van der Waals surface area contributed by atoms with Crippen molar-refractivity contribution in [2.45, 2.75) is 71.1 Å². The van der Waals surface area contributed by atoms with Crippen molar-refractivity contribution in [3.8, 4) is 0 Å². The summed E-state index contributed by atoms with van der Waals surface area (Å²) in [6.45, 7) is 7.95. The number of aliphatic carboxylic acids is 1. The van der Waals surface area contributed by atoms with E-state index < -0.39 is 36.1 Å². The highest BCUT2D eigenvalue weighted by atomic mass is 16.5. The van der Waals surface area contributed by atoms with E-state index in [0.717, 1.165) is 0 Å². The van der Waals surface area contributed by atoms with Gasteiger partial charge < -0.3 is 20.5 Å². The number of ether oxygens (including phenoxy) is 1. The highest BCUT2D eigenvalue weighted by molar-refractivity contribution is 5.88. The molecule has 8 nitrogen and oxygen atoms in total. The lowest BCUT2D eigenvalue weighted by Crippen LogP contribution is -2.58. The van der Waals surface area contributed by atoms with E-state index >= 15 is 0 Å². The molecular formula is C17H31N3O5. The molecule has 8 heteroatoms. The summed E-state index contributed by atoms with van der Waals surface area (Å²) in [5, 5.41) is 12.2. The zero-order chi connectivity index (χ0) is 19.1. The van der Waals surface area contributed by atoms with E-state index in [4.69, 9.17) is 10.5 Å². The summed E-state index contributed by atoms with van der Waals surface area (Å²) in [5.74, 6) is -1.55. The Morgan fingerprint density at radius 2 is 1.96 bits per heavy atom. The SMILES string of the molecule is CCOC(=O)C(N[C@@H](C)C(=O)N1CCC[C@H]1C(=O)O)C(N)CC(C)C. The number of nitrogens with two attached hydrogens (primary N) is 1. The smallest absolute Gasteiger partial charge is 0.326 e. The molecule has 0 radical (unpaired) electrons. The molecule has 1 amide bonds. The Hall–Kier alpha value is -1.67. The molecule has 2 unspecified atom stereocenters. The third-order valence-electron chi connectivity index (χ3n) is 4.33. The number of carboxylic acids is 1. The van der Waals surface area contributed by atoms with Crippen molar-refractivity contribution < 1.29 is 24.2 Å². The molecular weight excluding hydrogens is 326 g/mol. The third kappa shape index (κ3) is 5.97. The highest BCUT2D eigenvalue weighted by Crippen LogP contribution is 2.19. The number of rotatable bonds is 9. The summed E-state index contributed by atoms with van der Waals surface area (Å²) >= 11 is 0. The van der Waals surface area contributed by atoms with Crippen LogP contribution in [-0.2, 0) is 19.1 Å². The molecule has 0 aliphatic carbocycles. The van der Waals surface area contributed by atoms with Crippen molar-refractivity contribution in [1.82, 2.24) is 10.2 Å². The maximum Gasteiger partial charge on any atom is 0.326 e. The lowest BCUT2D eigenvalue weighted by atomic mass is 9.97. The molecule has 25 heavy (non-hydrogen) atoms. The summed E-state index contributed by atoms with van der Waals surface area (Å²) in [7, 11) is 0. The van der Waals surface area contributed by atoms with Crippen molar-refractivity contribution in [3.05, 3.63) is 0 Å². The minimum absolute atomic E-state index is 0.223. The first-order valence-corrected chi connectivity index (χ1v) is 8.90. The zero-order valence-electron chi connectivity index (χ0n) is 15.5. The first-order chi connectivity index (χ1) is 11.7. The van der Waals surface area contributed by atoms with Gasteiger partial charge in [0.15, 0.2) is 0 Å². The molecule has 0 aromatic carbocycles. The molecule has 1 saturated heterocycles.